The summed E-state index contributed by atoms with van der Waals surface area (Å²) < 4.78 is 0. The Balaban J connectivity index is 2.10. The van der Waals surface area contributed by atoms with Gasteiger partial charge in [-0.15, -0.1) is 11.3 Å². The number of carbonyl (C=O) groups is 2. The number of rotatable bonds is 3. The first kappa shape index (κ1) is 13.5. The topological polar surface area (TPSA) is 70.5 Å². The van der Waals surface area contributed by atoms with Crippen molar-refractivity contribution in [3.05, 3.63) is 63.8 Å². The average molecular weight is 300 g/mol. The molecule has 1 aliphatic heterocycles. The summed E-state index contributed by atoms with van der Waals surface area (Å²) in [5.74, 6) is -1.34. The maximum absolute atomic E-state index is 12.6. The van der Waals surface area contributed by atoms with E-state index in [-0.39, 0.29) is 11.4 Å². The molecule has 0 aliphatic carbocycles. The van der Waals surface area contributed by atoms with Gasteiger partial charge < -0.3 is 10.0 Å². The maximum atomic E-state index is 12.6. The molecule has 106 valence electrons. The third-order valence-electron chi connectivity index (χ3n) is 3.45. The molecule has 3 rings (SSSR count). The lowest BCUT2D eigenvalue weighted by Gasteiger charge is -2.22. The highest BCUT2D eigenvalue weighted by Gasteiger charge is 2.41. The highest BCUT2D eigenvalue weighted by atomic mass is 32.1. The van der Waals surface area contributed by atoms with E-state index in [0.29, 0.717) is 4.88 Å². The fourth-order valence-electron chi connectivity index (χ4n) is 2.43. The predicted molar refractivity (Wildman–Crippen MR) is 78.1 cm³/mol. The number of carbonyl (C=O) groups excluding carboxylic acids is 2. The number of ketones is 1. The van der Waals surface area contributed by atoms with E-state index in [4.69, 9.17) is 0 Å². The van der Waals surface area contributed by atoms with Crippen LogP contribution in [0.2, 0.25) is 0 Å². The highest BCUT2D eigenvalue weighted by molar-refractivity contribution is 7.12. The van der Waals surface area contributed by atoms with Crippen LogP contribution in [0.3, 0.4) is 0 Å². The van der Waals surface area contributed by atoms with Crippen molar-refractivity contribution in [3.8, 4) is 0 Å². The number of aliphatic hydroxyl groups is 1. The molecule has 0 saturated heterocycles. The van der Waals surface area contributed by atoms with Gasteiger partial charge in [0.2, 0.25) is 5.78 Å². The summed E-state index contributed by atoms with van der Waals surface area (Å²) in [6.07, 6.45) is 3.19. The van der Waals surface area contributed by atoms with Crippen molar-refractivity contribution in [1.82, 2.24) is 9.88 Å². The molecule has 0 aromatic carbocycles. The molecule has 0 spiro atoms. The van der Waals surface area contributed by atoms with Crippen LogP contribution in [-0.2, 0) is 4.79 Å². The van der Waals surface area contributed by atoms with Gasteiger partial charge in [0.25, 0.3) is 5.91 Å². The van der Waals surface area contributed by atoms with Crippen LogP contribution < -0.4 is 0 Å². The van der Waals surface area contributed by atoms with Gasteiger partial charge in [0.15, 0.2) is 5.76 Å². The van der Waals surface area contributed by atoms with E-state index in [1.165, 1.54) is 16.2 Å². The molecule has 0 radical (unpaired) electrons. The van der Waals surface area contributed by atoms with E-state index in [2.05, 4.69) is 4.98 Å². The van der Waals surface area contributed by atoms with E-state index in [9.17, 15) is 14.7 Å². The predicted octanol–water partition coefficient (Wildman–Crippen LogP) is 2.35. The molecule has 21 heavy (non-hydrogen) atoms. The van der Waals surface area contributed by atoms with Crippen molar-refractivity contribution in [2.45, 2.75) is 6.04 Å². The van der Waals surface area contributed by atoms with Gasteiger partial charge in [-0.1, -0.05) is 6.07 Å². The first-order valence-electron chi connectivity index (χ1n) is 6.29. The van der Waals surface area contributed by atoms with Crippen molar-refractivity contribution in [2.24, 2.45) is 0 Å². The number of hydrogen-bond donors (Lipinski definition) is 1. The summed E-state index contributed by atoms with van der Waals surface area (Å²) in [6, 6.07) is 6.32. The summed E-state index contributed by atoms with van der Waals surface area (Å²) in [5, 5.41) is 11.9. The molecule has 5 nitrogen and oxygen atoms in total. The lowest BCUT2D eigenvalue weighted by molar-refractivity contribution is -0.128. The maximum Gasteiger partial charge on any atom is 0.289 e. The Morgan fingerprint density at radius 1 is 1.33 bits per heavy atom. The summed E-state index contributed by atoms with van der Waals surface area (Å²) in [4.78, 5) is 30.4. The average Bonchev–Trinajstić information content (AvgIpc) is 3.11. The smallest absolute Gasteiger partial charge is 0.289 e. The molecule has 1 atom stereocenters. The van der Waals surface area contributed by atoms with Crippen LogP contribution in [0.5, 0.6) is 0 Å². The minimum absolute atomic E-state index is 0.121. The Hall–Kier alpha value is -2.47. The summed E-state index contributed by atoms with van der Waals surface area (Å²) >= 11 is 1.28. The van der Waals surface area contributed by atoms with E-state index >= 15 is 0 Å². The number of thiophene rings is 1. The normalized spacial score (nSPS) is 18.4. The molecular weight excluding hydrogens is 288 g/mol. The van der Waals surface area contributed by atoms with Crippen LogP contribution in [0, 0.1) is 0 Å². The zero-order chi connectivity index (χ0) is 15.0. The summed E-state index contributed by atoms with van der Waals surface area (Å²) in [5.41, 5.74) is 0.862. The lowest BCUT2D eigenvalue weighted by Crippen LogP contribution is -2.26. The number of aromatic nitrogens is 1. The molecule has 1 amide bonds. The number of amides is 1. The van der Waals surface area contributed by atoms with E-state index < -0.39 is 17.7 Å². The summed E-state index contributed by atoms with van der Waals surface area (Å²) in [7, 11) is 1.57. The second-order valence-corrected chi connectivity index (χ2v) is 5.62. The SMILES string of the molecule is CN1C(=O)C(O)=C(C(=O)c2cccs2)C1c1ccncc1. The first-order chi connectivity index (χ1) is 10.1. The molecular formula is C15H12N2O3S. The van der Waals surface area contributed by atoms with Gasteiger partial charge in [0, 0.05) is 19.4 Å². The Morgan fingerprint density at radius 2 is 2.05 bits per heavy atom. The number of nitrogens with zero attached hydrogens (tertiary/aromatic N) is 2. The zero-order valence-corrected chi connectivity index (χ0v) is 12.0. The lowest BCUT2D eigenvalue weighted by atomic mass is 9.96. The standard InChI is InChI=1S/C15H12N2O3S/c1-17-12(9-4-6-16-7-5-9)11(14(19)15(17)20)13(18)10-3-2-8-21-10/h2-8,12,19H,1H3. The monoisotopic (exact) mass is 300 g/mol. The Morgan fingerprint density at radius 3 is 2.67 bits per heavy atom. The minimum atomic E-state index is -0.588. The van der Waals surface area contributed by atoms with Gasteiger partial charge in [-0.3, -0.25) is 14.6 Å². The van der Waals surface area contributed by atoms with Gasteiger partial charge in [0.1, 0.15) is 0 Å². The third-order valence-corrected chi connectivity index (χ3v) is 4.32. The highest BCUT2D eigenvalue weighted by Crippen LogP contribution is 2.37. The van der Waals surface area contributed by atoms with Crippen LogP contribution in [0.15, 0.2) is 53.4 Å². The molecule has 0 saturated carbocycles. The molecule has 3 heterocycles. The second kappa shape index (κ2) is 5.14. The fraction of sp³-hybridized carbons (Fsp3) is 0.133. The largest absolute Gasteiger partial charge is 0.503 e. The van der Waals surface area contributed by atoms with Crippen LogP contribution in [0.4, 0.5) is 0 Å². The van der Waals surface area contributed by atoms with Crippen molar-refractivity contribution in [2.75, 3.05) is 7.05 Å². The van der Waals surface area contributed by atoms with Gasteiger partial charge in [-0.2, -0.15) is 0 Å². The number of aliphatic hydroxyl groups excluding tert-OH is 1. The quantitative estimate of drug-likeness (QED) is 0.883. The molecule has 2 aromatic rings. The molecule has 0 fully saturated rings. The number of hydrogen-bond acceptors (Lipinski definition) is 5. The molecule has 1 N–H and O–H groups in total. The van der Waals surface area contributed by atoms with E-state index in [1.807, 2.05) is 0 Å². The first-order valence-corrected chi connectivity index (χ1v) is 7.17. The van der Waals surface area contributed by atoms with Crippen LogP contribution in [0.1, 0.15) is 21.3 Å². The van der Waals surface area contributed by atoms with Crippen molar-refractivity contribution >= 4 is 23.0 Å². The van der Waals surface area contributed by atoms with Crippen molar-refractivity contribution < 1.29 is 14.7 Å². The number of likely N-dealkylation sites (N-methyl/N-ethyl adjacent to an activating group) is 1. The Bertz CT molecular complexity index is 723. The van der Waals surface area contributed by atoms with Gasteiger partial charge in [-0.05, 0) is 29.1 Å². The summed E-state index contributed by atoms with van der Waals surface area (Å²) in [6.45, 7) is 0. The van der Waals surface area contributed by atoms with Crippen LogP contribution in [-0.4, -0.2) is 33.7 Å². The number of pyridine rings is 1. The van der Waals surface area contributed by atoms with E-state index in [1.54, 1.807) is 49.1 Å². The third kappa shape index (κ3) is 2.13. The van der Waals surface area contributed by atoms with Crippen LogP contribution >= 0.6 is 11.3 Å². The van der Waals surface area contributed by atoms with Crippen LogP contribution in [0.25, 0.3) is 0 Å². The van der Waals surface area contributed by atoms with Crippen molar-refractivity contribution in [1.29, 1.82) is 0 Å². The molecule has 0 bridgehead atoms. The Labute approximate surface area is 125 Å². The second-order valence-electron chi connectivity index (χ2n) is 4.67. The molecule has 6 heteroatoms. The number of Topliss-reactive ketones (excluding diaryl/α,β-unsaturated/α-hetero) is 1. The minimum Gasteiger partial charge on any atom is -0.503 e. The molecule has 2 aromatic heterocycles. The zero-order valence-electron chi connectivity index (χ0n) is 11.2. The molecule has 1 unspecified atom stereocenters. The van der Waals surface area contributed by atoms with Crippen molar-refractivity contribution in [3.63, 3.8) is 0 Å². The van der Waals surface area contributed by atoms with Gasteiger partial charge in [-0.25, -0.2) is 0 Å². The van der Waals surface area contributed by atoms with E-state index in [0.717, 1.165) is 5.56 Å². The molecule has 1 aliphatic rings. The van der Waals surface area contributed by atoms with Gasteiger partial charge >= 0.3 is 0 Å². The fourth-order valence-corrected chi connectivity index (χ4v) is 3.11. The Kier molecular flexibility index (Phi) is 3.31. The van der Waals surface area contributed by atoms with Gasteiger partial charge in [0.05, 0.1) is 16.5 Å².